The molecule has 3 aromatic rings. The van der Waals surface area contributed by atoms with Gasteiger partial charge in [0.15, 0.2) is 0 Å². The van der Waals surface area contributed by atoms with E-state index in [-0.39, 0.29) is 47.4 Å². The minimum absolute atomic E-state index is 0.0239. The van der Waals surface area contributed by atoms with Crippen LogP contribution in [0.15, 0.2) is 70.9 Å². The van der Waals surface area contributed by atoms with E-state index in [0.29, 0.717) is 0 Å². The van der Waals surface area contributed by atoms with Crippen molar-refractivity contribution in [3.8, 4) is 0 Å². The average Bonchev–Trinajstić information content (AvgIpc) is 3.42. The first-order valence-corrected chi connectivity index (χ1v) is 13.3. The van der Waals surface area contributed by atoms with Gasteiger partial charge in [-0.3, -0.25) is 14.4 Å². The van der Waals surface area contributed by atoms with E-state index < -0.39 is 38.7 Å². The minimum atomic E-state index is -4.43. The molecule has 4 rings (SSSR count). The molecule has 2 aromatic carbocycles. The van der Waals surface area contributed by atoms with Crippen LogP contribution in [0.3, 0.4) is 0 Å². The molecule has 12 heteroatoms. The molecule has 3 amide bonds. The minimum Gasteiger partial charge on any atom is -0.336 e. The molecular weight excluding hydrogens is 512 g/mol. The number of carbonyl (C=O) groups excluding carboxylic acids is 3. The zero-order valence-corrected chi connectivity index (χ0v) is 20.4. The van der Waals surface area contributed by atoms with Gasteiger partial charge in [-0.05, 0) is 60.0 Å². The molecule has 36 heavy (non-hydrogen) atoms. The maximum atomic E-state index is 13.4. The fourth-order valence-electron chi connectivity index (χ4n) is 3.70. The Labute approximate surface area is 210 Å². The number of hydrogen-bond donors (Lipinski definition) is 1. The van der Waals surface area contributed by atoms with E-state index in [1.165, 1.54) is 40.1 Å². The van der Waals surface area contributed by atoms with E-state index in [4.69, 9.17) is 0 Å². The van der Waals surface area contributed by atoms with Crippen LogP contribution >= 0.6 is 11.3 Å². The molecule has 0 radical (unpaired) electrons. The highest BCUT2D eigenvalue weighted by Crippen LogP contribution is 2.20. The summed E-state index contributed by atoms with van der Waals surface area (Å²) in [7, 11) is -4.43. The Morgan fingerprint density at radius 3 is 1.94 bits per heavy atom. The van der Waals surface area contributed by atoms with Gasteiger partial charge in [-0.2, -0.15) is 0 Å². The summed E-state index contributed by atoms with van der Waals surface area (Å²) in [5.41, 5.74) is 0.288. The first kappa shape index (κ1) is 25.5. The number of sulfone groups is 1. The summed E-state index contributed by atoms with van der Waals surface area (Å²) in [6.45, 7) is 0.278. The summed E-state index contributed by atoms with van der Waals surface area (Å²) in [5.74, 6) is -3.07. The number of piperazine rings is 1. The Hall–Kier alpha value is -3.64. The van der Waals surface area contributed by atoms with Crippen molar-refractivity contribution >= 4 is 38.9 Å². The lowest BCUT2D eigenvalue weighted by molar-refractivity contribution is -0.132. The molecule has 1 aliphatic rings. The van der Waals surface area contributed by atoms with E-state index in [9.17, 15) is 31.6 Å². The van der Waals surface area contributed by atoms with E-state index >= 15 is 0 Å². The molecule has 0 aliphatic carbocycles. The van der Waals surface area contributed by atoms with Gasteiger partial charge in [0.1, 0.15) is 11.6 Å². The zero-order chi connectivity index (χ0) is 25.9. The van der Waals surface area contributed by atoms with Gasteiger partial charge in [-0.1, -0.05) is 6.07 Å². The third kappa shape index (κ3) is 5.44. The lowest BCUT2D eigenvalue weighted by Crippen LogP contribution is -2.57. The van der Waals surface area contributed by atoms with Crippen LogP contribution < -0.4 is 5.32 Å². The predicted molar refractivity (Wildman–Crippen MR) is 128 cm³/mol. The fourth-order valence-corrected chi connectivity index (χ4v) is 5.79. The van der Waals surface area contributed by atoms with Gasteiger partial charge in [0, 0.05) is 31.7 Å². The number of nitrogens with zero attached hydrogens (tertiary/aromatic N) is 2. The molecule has 8 nitrogen and oxygen atoms in total. The summed E-state index contributed by atoms with van der Waals surface area (Å²) in [4.78, 5) is 41.4. The Kier molecular flexibility index (Phi) is 7.45. The average molecular weight is 534 g/mol. The van der Waals surface area contributed by atoms with Gasteiger partial charge in [0.2, 0.25) is 15.2 Å². The first-order valence-electron chi connectivity index (χ1n) is 10.8. The largest absolute Gasteiger partial charge is 0.336 e. The molecule has 1 aliphatic heterocycles. The second kappa shape index (κ2) is 10.5. The Morgan fingerprint density at radius 1 is 0.833 bits per heavy atom. The van der Waals surface area contributed by atoms with Crippen molar-refractivity contribution in [2.75, 3.05) is 26.2 Å². The summed E-state index contributed by atoms with van der Waals surface area (Å²) in [6.07, 6.45) is 0. The highest BCUT2D eigenvalue weighted by atomic mass is 32.2. The molecule has 188 valence electrons. The van der Waals surface area contributed by atoms with Crippen molar-refractivity contribution in [1.82, 2.24) is 15.1 Å². The maximum absolute atomic E-state index is 13.4. The van der Waals surface area contributed by atoms with Crippen molar-refractivity contribution in [1.29, 1.82) is 0 Å². The Balaban J connectivity index is 1.53. The van der Waals surface area contributed by atoms with Crippen LogP contribution in [0.1, 0.15) is 20.0 Å². The lowest BCUT2D eigenvalue weighted by Gasteiger charge is -2.36. The maximum Gasteiger partial charge on any atom is 0.262 e. The van der Waals surface area contributed by atoms with Crippen LogP contribution in [0.25, 0.3) is 0 Å². The van der Waals surface area contributed by atoms with Crippen molar-refractivity contribution in [3.05, 3.63) is 88.1 Å². The highest BCUT2D eigenvalue weighted by molar-refractivity contribution is 7.92. The van der Waals surface area contributed by atoms with Gasteiger partial charge in [0.05, 0.1) is 9.77 Å². The van der Waals surface area contributed by atoms with Crippen LogP contribution in [0.4, 0.5) is 8.78 Å². The van der Waals surface area contributed by atoms with Crippen LogP contribution in [-0.2, 0) is 14.6 Å². The Bertz CT molecular complexity index is 1350. The standard InChI is InChI=1S/C24H21F2N3O5S2/c25-17-5-3-16(4-6-17)23(31)28-11-13-29(14-12-28)24(32)22(27-21(30)20-2-1-15-35-20)36(33,34)19-9-7-18(26)8-10-19/h1-10,15,22H,11-14H2,(H,27,30)/t22-/m0/s1. The third-order valence-electron chi connectivity index (χ3n) is 5.65. The highest BCUT2D eigenvalue weighted by Gasteiger charge is 2.39. The lowest BCUT2D eigenvalue weighted by atomic mass is 10.1. The molecule has 1 atom stereocenters. The number of amides is 3. The molecule has 0 unspecified atom stereocenters. The summed E-state index contributed by atoms with van der Waals surface area (Å²) in [5, 5.41) is 2.01. The molecule has 0 bridgehead atoms. The summed E-state index contributed by atoms with van der Waals surface area (Å²) >= 11 is 1.08. The van der Waals surface area contributed by atoms with Crippen molar-refractivity contribution in [3.63, 3.8) is 0 Å². The topological polar surface area (TPSA) is 104 Å². The molecule has 1 aromatic heterocycles. The number of rotatable bonds is 6. The number of benzene rings is 2. The SMILES string of the molecule is O=C(N[C@H](C(=O)N1CCN(C(=O)c2ccc(F)cc2)CC1)S(=O)(=O)c1ccc(F)cc1)c1cccs1. The second-order valence-electron chi connectivity index (χ2n) is 7.95. The predicted octanol–water partition coefficient (Wildman–Crippen LogP) is 2.54. The van der Waals surface area contributed by atoms with E-state index in [2.05, 4.69) is 5.32 Å². The molecule has 0 spiro atoms. The number of thiophene rings is 1. The monoisotopic (exact) mass is 533 g/mol. The smallest absolute Gasteiger partial charge is 0.262 e. The van der Waals surface area contributed by atoms with E-state index in [1.54, 1.807) is 11.4 Å². The van der Waals surface area contributed by atoms with Gasteiger partial charge in [-0.25, -0.2) is 17.2 Å². The van der Waals surface area contributed by atoms with Gasteiger partial charge >= 0.3 is 0 Å². The molecule has 2 heterocycles. The Morgan fingerprint density at radius 2 is 1.39 bits per heavy atom. The van der Waals surface area contributed by atoms with Gasteiger partial charge in [0.25, 0.3) is 17.7 Å². The molecular formula is C24H21F2N3O5S2. The van der Waals surface area contributed by atoms with Gasteiger partial charge in [-0.15, -0.1) is 11.3 Å². The van der Waals surface area contributed by atoms with Crippen molar-refractivity contribution in [2.24, 2.45) is 0 Å². The summed E-state index contributed by atoms with van der Waals surface area (Å²) < 4.78 is 53.2. The number of nitrogens with one attached hydrogen (secondary N) is 1. The third-order valence-corrected chi connectivity index (χ3v) is 8.39. The van der Waals surface area contributed by atoms with Crippen LogP contribution in [0.2, 0.25) is 0 Å². The van der Waals surface area contributed by atoms with Crippen molar-refractivity contribution < 1.29 is 31.6 Å². The zero-order valence-electron chi connectivity index (χ0n) is 18.8. The number of carbonyl (C=O) groups is 3. The summed E-state index contributed by atoms with van der Waals surface area (Å²) in [6, 6.07) is 12.1. The molecule has 1 saturated heterocycles. The number of halogens is 2. The normalized spacial score (nSPS) is 14.8. The van der Waals surface area contributed by atoms with Gasteiger partial charge < -0.3 is 15.1 Å². The fraction of sp³-hybridized carbons (Fsp3) is 0.208. The van der Waals surface area contributed by atoms with E-state index in [0.717, 1.165) is 35.6 Å². The van der Waals surface area contributed by atoms with Crippen LogP contribution in [-0.4, -0.2) is 67.5 Å². The van der Waals surface area contributed by atoms with Crippen molar-refractivity contribution in [2.45, 2.75) is 10.3 Å². The molecule has 0 saturated carbocycles. The first-order chi connectivity index (χ1) is 17.2. The van der Waals surface area contributed by atoms with Crippen LogP contribution in [0, 0.1) is 11.6 Å². The molecule has 1 fully saturated rings. The quantitative estimate of drug-likeness (QED) is 0.491. The van der Waals surface area contributed by atoms with E-state index in [1.807, 2.05) is 0 Å². The number of hydrogen-bond acceptors (Lipinski definition) is 6. The second-order valence-corrected chi connectivity index (χ2v) is 10.9. The molecule has 1 N–H and O–H groups in total. The van der Waals surface area contributed by atoms with Crippen LogP contribution in [0.5, 0.6) is 0 Å².